The van der Waals surface area contributed by atoms with E-state index in [9.17, 15) is 5.11 Å². The molecule has 1 N–H and O–H groups in total. The number of hydrogen-bond acceptors (Lipinski definition) is 5. The Bertz CT molecular complexity index is 525. The monoisotopic (exact) mass is 320 g/mol. The minimum absolute atomic E-state index is 0.00905. The van der Waals surface area contributed by atoms with Crippen molar-refractivity contribution in [3.05, 3.63) is 24.3 Å². The molecule has 3 rings (SSSR count). The highest BCUT2D eigenvalue weighted by Crippen LogP contribution is 2.31. The van der Waals surface area contributed by atoms with Crippen molar-refractivity contribution in [2.45, 2.75) is 31.5 Å². The van der Waals surface area contributed by atoms with Crippen LogP contribution in [0, 0.1) is 0 Å². The lowest BCUT2D eigenvalue weighted by molar-refractivity contribution is -0.0540. The molecule has 2 heterocycles. The van der Waals surface area contributed by atoms with Gasteiger partial charge in [0.05, 0.1) is 5.60 Å². The molecule has 2 atom stereocenters. The molecule has 0 saturated carbocycles. The van der Waals surface area contributed by atoms with Crippen molar-refractivity contribution in [1.29, 1.82) is 0 Å². The van der Waals surface area contributed by atoms with Crippen molar-refractivity contribution in [2.75, 3.05) is 46.4 Å². The van der Waals surface area contributed by atoms with Crippen molar-refractivity contribution < 1.29 is 14.6 Å². The molecular formula is C18H28N2O3. The van der Waals surface area contributed by atoms with E-state index in [2.05, 4.69) is 23.8 Å². The van der Waals surface area contributed by atoms with Crippen LogP contribution >= 0.6 is 0 Å². The van der Waals surface area contributed by atoms with Gasteiger partial charge in [-0.1, -0.05) is 19.1 Å². The van der Waals surface area contributed by atoms with E-state index >= 15 is 0 Å². The van der Waals surface area contributed by atoms with E-state index in [0.717, 1.165) is 50.5 Å². The topological polar surface area (TPSA) is 45.2 Å². The average molecular weight is 320 g/mol. The first kappa shape index (κ1) is 16.6. The molecule has 2 aliphatic heterocycles. The van der Waals surface area contributed by atoms with Gasteiger partial charge in [-0.25, -0.2) is 0 Å². The maximum atomic E-state index is 10.9. The van der Waals surface area contributed by atoms with Gasteiger partial charge in [0.1, 0.15) is 12.7 Å². The second-order valence-corrected chi connectivity index (χ2v) is 6.89. The number of para-hydroxylation sites is 2. The quantitative estimate of drug-likeness (QED) is 0.893. The minimum Gasteiger partial charge on any atom is -0.486 e. The first-order chi connectivity index (χ1) is 11.1. The number of piperidine rings is 1. The highest BCUT2D eigenvalue weighted by Gasteiger charge is 2.34. The zero-order valence-electron chi connectivity index (χ0n) is 14.2. The van der Waals surface area contributed by atoms with E-state index in [-0.39, 0.29) is 6.10 Å². The van der Waals surface area contributed by atoms with Gasteiger partial charge in [0, 0.05) is 19.6 Å². The lowest BCUT2D eigenvalue weighted by Crippen LogP contribution is -2.55. The minimum atomic E-state index is -0.615. The van der Waals surface area contributed by atoms with Gasteiger partial charge in [-0.15, -0.1) is 0 Å². The van der Waals surface area contributed by atoms with Crippen LogP contribution in [-0.2, 0) is 0 Å². The van der Waals surface area contributed by atoms with Gasteiger partial charge in [-0.3, -0.25) is 4.90 Å². The molecule has 0 aromatic heterocycles. The van der Waals surface area contributed by atoms with Gasteiger partial charge >= 0.3 is 0 Å². The Morgan fingerprint density at radius 1 is 1.35 bits per heavy atom. The molecule has 0 bridgehead atoms. The van der Waals surface area contributed by atoms with Gasteiger partial charge in [-0.05, 0) is 45.1 Å². The zero-order valence-corrected chi connectivity index (χ0v) is 14.2. The maximum absolute atomic E-state index is 10.9. The summed E-state index contributed by atoms with van der Waals surface area (Å²) in [5, 5.41) is 10.9. The van der Waals surface area contributed by atoms with Gasteiger partial charge in [0.2, 0.25) is 0 Å². The van der Waals surface area contributed by atoms with Crippen LogP contribution in [0.5, 0.6) is 11.5 Å². The highest BCUT2D eigenvalue weighted by atomic mass is 16.6. The van der Waals surface area contributed by atoms with Crippen molar-refractivity contribution >= 4 is 0 Å². The Kier molecular flexibility index (Phi) is 5.09. The third-order valence-electron chi connectivity index (χ3n) is 4.74. The number of ether oxygens (including phenoxy) is 2. The second kappa shape index (κ2) is 7.07. The van der Waals surface area contributed by atoms with E-state index in [1.54, 1.807) is 0 Å². The number of β-amino-alcohol motifs (C(OH)–C–C–N with tert-alkyl or cyclic N) is 1. The smallest absolute Gasteiger partial charge is 0.161 e. The van der Waals surface area contributed by atoms with Crippen LogP contribution in [0.4, 0.5) is 0 Å². The Hall–Kier alpha value is -1.30. The number of hydrogen-bond donors (Lipinski definition) is 1. The van der Waals surface area contributed by atoms with Crippen LogP contribution in [0.2, 0.25) is 0 Å². The van der Waals surface area contributed by atoms with Crippen LogP contribution in [0.1, 0.15) is 19.8 Å². The first-order valence-corrected chi connectivity index (χ1v) is 8.60. The molecule has 0 aliphatic carbocycles. The fourth-order valence-electron chi connectivity index (χ4n) is 3.63. The standard InChI is InChI=1S/C18H28N2O3/c1-3-20(14-18(21)9-6-10-19(2)13-18)11-15-12-22-16-7-4-5-8-17(16)23-15/h4-5,7-8,15,21H,3,6,9-14H2,1-2H3/t15-,18-/m0/s1. The summed E-state index contributed by atoms with van der Waals surface area (Å²) in [5.74, 6) is 1.63. The lowest BCUT2D eigenvalue weighted by Gasteiger charge is -2.41. The normalized spacial score (nSPS) is 28.1. The number of benzene rings is 1. The number of likely N-dealkylation sites (tertiary alicyclic amines) is 1. The molecule has 5 heteroatoms. The van der Waals surface area contributed by atoms with Crippen LogP contribution in [0.25, 0.3) is 0 Å². The zero-order chi connectivity index (χ0) is 16.3. The summed E-state index contributed by atoms with van der Waals surface area (Å²) in [5.41, 5.74) is -0.615. The number of likely N-dealkylation sites (N-methyl/N-ethyl adjacent to an activating group) is 2. The van der Waals surface area contributed by atoms with Gasteiger partial charge in [-0.2, -0.15) is 0 Å². The number of rotatable bonds is 5. The SMILES string of the molecule is CCN(C[C@H]1COc2ccccc2O1)C[C@]1(O)CCCN(C)C1. The summed E-state index contributed by atoms with van der Waals surface area (Å²) in [7, 11) is 2.08. The Labute approximate surface area is 138 Å². The molecule has 0 amide bonds. The molecule has 1 aromatic carbocycles. The Balaban J connectivity index is 1.58. The van der Waals surface area contributed by atoms with Crippen molar-refractivity contribution in [3.63, 3.8) is 0 Å². The lowest BCUT2D eigenvalue weighted by atomic mass is 9.92. The van der Waals surface area contributed by atoms with Gasteiger partial charge in [0.15, 0.2) is 11.5 Å². The Morgan fingerprint density at radius 3 is 2.87 bits per heavy atom. The van der Waals surface area contributed by atoms with E-state index in [1.807, 2.05) is 24.3 Å². The van der Waals surface area contributed by atoms with Crippen molar-refractivity contribution in [1.82, 2.24) is 9.80 Å². The summed E-state index contributed by atoms with van der Waals surface area (Å²) in [6.45, 7) is 6.87. The summed E-state index contributed by atoms with van der Waals surface area (Å²) in [4.78, 5) is 4.49. The van der Waals surface area contributed by atoms with Crippen molar-refractivity contribution in [3.8, 4) is 11.5 Å². The largest absolute Gasteiger partial charge is 0.486 e. The number of fused-ring (bicyclic) bond motifs is 1. The van der Waals surface area contributed by atoms with Gasteiger partial charge < -0.3 is 19.5 Å². The van der Waals surface area contributed by atoms with Crippen LogP contribution < -0.4 is 9.47 Å². The molecule has 23 heavy (non-hydrogen) atoms. The molecule has 0 unspecified atom stereocenters. The third kappa shape index (κ3) is 4.16. The predicted molar refractivity (Wildman–Crippen MR) is 90.1 cm³/mol. The Morgan fingerprint density at radius 2 is 2.13 bits per heavy atom. The molecule has 1 aromatic rings. The summed E-state index contributed by atoms with van der Waals surface area (Å²) >= 11 is 0. The molecular weight excluding hydrogens is 292 g/mol. The molecule has 0 radical (unpaired) electrons. The van der Waals surface area contributed by atoms with Crippen LogP contribution in [-0.4, -0.2) is 73.0 Å². The number of aliphatic hydroxyl groups is 1. The van der Waals surface area contributed by atoms with Crippen LogP contribution in [0.3, 0.4) is 0 Å². The fraction of sp³-hybridized carbons (Fsp3) is 0.667. The number of nitrogens with zero attached hydrogens (tertiary/aromatic N) is 2. The molecule has 5 nitrogen and oxygen atoms in total. The maximum Gasteiger partial charge on any atom is 0.161 e. The highest BCUT2D eigenvalue weighted by molar-refractivity contribution is 5.40. The summed E-state index contributed by atoms with van der Waals surface area (Å²) < 4.78 is 11.8. The molecule has 1 fully saturated rings. The van der Waals surface area contributed by atoms with E-state index < -0.39 is 5.60 Å². The first-order valence-electron chi connectivity index (χ1n) is 8.60. The van der Waals surface area contributed by atoms with Crippen LogP contribution in [0.15, 0.2) is 24.3 Å². The molecule has 0 spiro atoms. The summed E-state index contributed by atoms with van der Waals surface area (Å²) in [6.07, 6.45) is 1.94. The van der Waals surface area contributed by atoms with E-state index in [0.29, 0.717) is 13.2 Å². The van der Waals surface area contributed by atoms with E-state index in [1.165, 1.54) is 0 Å². The van der Waals surface area contributed by atoms with Crippen molar-refractivity contribution in [2.24, 2.45) is 0 Å². The molecule has 2 aliphatic rings. The molecule has 1 saturated heterocycles. The third-order valence-corrected chi connectivity index (χ3v) is 4.74. The molecule has 128 valence electrons. The second-order valence-electron chi connectivity index (χ2n) is 6.89. The fourth-order valence-corrected chi connectivity index (χ4v) is 3.63. The summed E-state index contributed by atoms with van der Waals surface area (Å²) in [6, 6.07) is 7.80. The average Bonchev–Trinajstić information content (AvgIpc) is 2.53. The van der Waals surface area contributed by atoms with Gasteiger partial charge in [0.25, 0.3) is 0 Å². The van der Waals surface area contributed by atoms with E-state index in [4.69, 9.17) is 9.47 Å². The predicted octanol–water partition coefficient (Wildman–Crippen LogP) is 1.60.